The molecule has 2 N–H and O–H groups in total. The van der Waals surface area contributed by atoms with Crippen molar-refractivity contribution in [3.05, 3.63) is 27.7 Å². The molecule has 1 rings (SSSR count). The summed E-state index contributed by atoms with van der Waals surface area (Å²) in [6.07, 6.45) is 0. The van der Waals surface area contributed by atoms with Gasteiger partial charge in [-0.3, -0.25) is 4.79 Å². The average molecular weight is 313 g/mol. The Hall–Kier alpha value is -1.03. The molecule has 3 nitrogen and oxygen atoms in total. The number of amides is 1. The molecular weight excluding hydrogens is 292 g/mol. The van der Waals surface area contributed by atoms with Crippen molar-refractivity contribution in [2.45, 2.75) is 27.7 Å². The minimum Gasteiger partial charge on any atom is -0.398 e. The molecule has 0 aliphatic heterocycles. The SMILES string of the molecule is Cc1c(N)cc(Br)cc1C(=O)N(C)CC(C)(C)C. The molecule has 18 heavy (non-hydrogen) atoms. The maximum absolute atomic E-state index is 12.4. The molecule has 1 aromatic carbocycles. The third-order valence-electron chi connectivity index (χ3n) is 2.70. The molecule has 0 aliphatic carbocycles. The Balaban J connectivity index is 3.04. The van der Waals surface area contributed by atoms with Gasteiger partial charge >= 0.3 is 0 Å². The molecule has 0 fully saturated rings. The van der Waals surface area contributed by atoms with Gasteiger partial charge < -0.3 is 10.6 Å². The Morgan fingerprint density at radius 2 is 1.94 bits per heavy atom. The molecular formula is C14H21BrN2O. The van der Waals surface area contributed by atoms with E-state index < -0.39 is 0 Å². The number of hydrogen-bond acceptors (Lipinski definition) is 2. The molecule has 0 atom stereocenters. The number of benzene rings is 1. The van der Waals surface area contributed by atoms with Crippen molar-refractivity contribution in [2.75, 3.05) is 19.3 Å². The van der Waals surface area contributed by atoms with E-state index in [2.05, 4.69) is 36.7 Å². The highest BCUT2D eigenvalue weighted by atomic mass is 79.9. The molecule has 1 amide bonds. The summed E-state index contributed by atoms with van der Waals surface area (Å²) in [5.74, 6) is 0.00965. The van der Waals surface area contributed by atoms with E-state index in [4.69, 9.17) is 5.73 Å². The minimum atomic E-state index is 0.00965. The maximum atomic E-state index is 12.4. The molecule has 0 spiro atoms. The Morgan fingerprint density at radius 1 is 1.39 bits per heavy atom. The van der Waals surface area contributed by atoms with E-state index in [9.17, 15) is 4.79 Å². The van der Waals surface area contributed by atoms with Crippen LogP contribution in [0.5, 0.6) is 0 Å². The number of nitrogen functional groups attached to an aromatic ring is 1. The molecule has 0 unspecified atom stereocenters. The first-order valence-electron chi connectivity index (χ1n) is 5.93. The van der Waals surface area contributed by atoms with Crippen molar-refractivity contribution < 1.29 is 4.79 Å². The highest BCUT2D eigenvalue weighted by Gasteiger charge is 2.21. The fourth-order valence-electron chi connectivity index (χ4n) is 1.91. The van der Waals surface area contributed by atoms with Gasteiger partial charge in [0.1, 0.15) is 0 Å². The third kappa shape index (κ3) is 3.73. The lowest BCUT2D eigenvalue weighted by Crippen LogP contribution is -2.34. The van der Waals surface area contributed by atoms with Crippen molar-refractivity contribution >= 4 is 27.5 Å². The largest absolute Gasteiger partial charge is 0.398 e. The Bertz CT molecular complexity index is 464. The van der Waals surface area contributed by atoms with Crippen molar-refractivity contribution in [1.82, 2.24) is 4.90 Å². The van der Waals surface area contributed by atoms with Crippen LogP contribution in [0.1, 0.15) is 36.7 Å². The Labute approximate surface area is 117 Å². The van der Waals surface area contributed by atoms with Gasteiger partial charge in [-0.25, -0.2) is 0 Å². The van der Waals surface area contributed by atoms with E-state index in [1.807, 2.05) is 26.1 Å². The fraction of sp³-hybridized carbons (Fsp3) is 0.500. The first-order chi connectivity index (χ1) is 8.11. The van der Waals surface area contributed by atoms with E-state index in [1.54, 1.807) is 4.90 Å². The van der Waals surface area contributed by atoms with Crippen molar-refractivity contribution in [1.29, 1.82) is 0 Å². The van der Waals surface area contributed by atoms with Gasteiger partial charge in [0.15, 0.2) is 0 Å². The molecule has 0 bridgehead atoms. The van der Waals surface area contributed by atoms with Crippen LogP contribution in [-0.2, 0) is 0 Å². The lowest BCUT2D eigenvalue weighted by molar-refractivity contribution is 0.0745. The summed E-state index contributed by atoms with van der Waals surface area (Å²) in [6.45, 7) is 8.91. The van der Waals surface area contributed by atoms with Gasteiger partial charge in [0.25, 0.3) is 5.91 Å². The molecule has 4 heteroatoms. The van der Waals surface area contributed by atoms with Crippen molar-refractivity contribution in [3.63, 3.8) is 0 Å². The number of hydrogen-bond donors (Lipinski definition) is 1. The van der Waals surface area contributed by atoms with Crippen LogP contribution in [-0.4, -0.2) is 24.4 Å². The van der Waals surface area contributed by atoms with Gasteiger partial charge in [-0.05, 0) is 30.0 Å². The summed E-state index contributed by atoms with van der Waals surface area (Å²) < 4.78 is 0.832. The van der Waals surface area contributed by atoms with Crippen LogP contribution < -0.4 is 5.73 Å². The monoisotopic (exact) mass is 312 g/mol. The van der Waals surface area contributed by atoms with Crippen LogP contribution in [0.15, 0.2) is 16.6 Å². The molecule has 0 aliphatic rings. The molecule has 0 aromatic heterocycles. The van der Waals surface area contributed by atoms with E-state index >= 15 is 0 Å². The highest BCUT2D eigenvalue weighted by Crippen LogP contribution is 2.24. The first kappa shape index (κ1) is 15.0. The van der Waals surface area contributed by atoms with E-state index in [0.29, 0.717) is 17.8 Å². The molecule has 0 heterocycles. The topological polar surface area (TPSA) is 46.3 Å². The number of rotatable bonds is 2. The Morgan fingerprint density at radius 3 is 2.44 bits per heavy atom. The van der Waals surface area contributed by atoms with Gasteiger partial charge in [-0.15, -0.1) is 0 Å². The molecule has 100 valence electrons. The smallest absolute Gasteiger partial charge is 0.253 e. The number of anilines is 1. The standard InChI is InChI=1S/C14H21BrN2O/c1-9-11(6-10(15)7-12(9)16)13(18)17(5)8-14(2,3)4/h6-7H,8,16H2,1-5H3. The lowest BCUT2D eigenvalue weighted by atomic mass is 9.95. The zero-order valence-electron chi connectivity index (χ0n) is 11.7. The van der Waals surface area contributed by atoms with E-state index in [1.165, 1.54) is 0 Å². The predicted molar refractivity (Wildman–Crippen MR) is 79.7 cm³/mol. The summed E-state index contributed by atoms with van der Waals surface area (Å²) in [5.41, 5.74) is 8.10. The average Bonchev–Trinajstić information content (AvgIpc) is 2.19. The fourth-order valence-corrected chi connectivity index (χ4v) is 2.39. The zero-order valence-corrected chi connectivity index (χ0v) is 13.3. The molecule has 0 saturated carbocycles. The van der Waals surface area contributed by atoms with E-state index in [-0.39, 0.29) is 11.3 Å². The predicted octanol–water partition coefficient (Wildman–Crippen LogP) is 3.46. The quantitative estimate of drug-likeness (QED) is 0.850. The van der Waals surface area contributed by atoms with Gasteiger partial charge in [-0.2, -0.15) is 0 Å². The van der Waals surface area contributed by atoms with Crippen LogP contribution in [0, 0.1) is 12.3 Å². The van der Waals surface area contributed by atoms with Gasteiger partial charge in [0.2, 0.25) is 0 Å². The second-order valence-electron chi connectivity index (χ2n) is 5.89. The second-order valence-corrected chi connectivity index (χ2v) is 6.81. The Kier molecular flexibility index (Phi) is 4.43. The van der Waals surface area contributed by atoms with Gasteiger partial charge in [0, 0.05) is 29.3 Å². The highest BCUT2D eigenvalue weighted by molar-refractivity contribution is 9.10. The summed E-state index contributed by atoms with van der Waals surface area (Å²) >= 11 is 3.38. The van der Waals surface area contributed by atoms with Crippen molar-refractivity contribution in [3.8, 4) is 0 Å². The first-order valence-corrected chi connectivity index (χ1v) is 6.72. The minimum absolute atomic E-state index is 0.00965. The molecule has 0 radical (unpaired) electrons. The van der Waals surface area contributed by atoms with Crippen LogP contribution in [0.4, 0.5) is 5.69 Å². The molecule has 0 saturated heterocycles. The van der Waals surface area contributed by atoms with Gasteiger partial charge in [0.05, 0.1) is 0 Å². The number of nitrogens with zero attached hydrogens (tertiary/aromatic N) is 1. The van der Waals surface area contributed by atoms with E-state index in [0.717, 1.165) is 10.0 Å². The van der Waals surface area contributed by atoms with Gasteiger partial charge in [-0.1, -0.05) is 36.7 Å². The summed E-state index contributed by atoms with van der Waals surface area (Å²) in [5, 5.41) is 0. The summed E-state index contributed by atoms with van der Waals surface area (Å²) in [6, 6.07) is 3.64. The lowest BCUT2D eigenvalue weighted by Gasteiger charge is -2.27. The number of carbonyl (C=O) groups is 1. The van der Waals surface area contributed by atoms with Crippen LogP contribution in [0.3, 0.4) is 0 Å². The summed E-state index contributed by atoms with van der Waals surface area (Å²) in [4.78, 5) is 14.1. The normalized spacial score (nSPS) is 11.4. The van der Waals surface area contributed by atoms with Crippen LogP contribution >= 0.6 is 15.9 Å². The summed E-state index contributed by atoms with van der Waals surface area (Å²) in [7, 11) is 1.82. The number of carbonyl (C=O) groups excluding carboxylic acids is 1. The number of nitrogens with two attached hydrogens (primary N) is 1. The van der Waals surface area contributed by atoms with Crippen LogP contribution in [0.2, 0.25) is 0 Å². The zero-order chi connectivity index (χ0) is 14.1. The number of halogens is 1. The third-order valence-corrected chi connectivity index (χ3v) is 3.16. The molecule has 1 aromatic rings. The van der Waals surface area contributed by atoms with Crippen LogP contribution in [0.25, 0.3) is 0 Å². The second kappa shape index (κ2) is 5.31. The van der Waals surface area contributed by atoms with Crippen molar-refractivity contribution in [2.24, 2.45) is 5.41 Å². The maximum Gasteiger partial charge on any atom is 0.253 e.